The molecule has 0 saturated heterocycles. The quantitative estimate of drug-likeness (QED) is 0.864. The Morgan fingerprint density at radius 2 is 2.00 bits per heavy atom. The molecule has 0 saturated carbocycles. The van der Waals surface area contributed by atoms with Gasteiger partial charge in [0.05, 0.1) is 0 Å². The van der Waals surface area contributed by atoms with Crippen LogP contribution >= 0.6 is 15.9 Å². The molecular formula is C14H11BrN2O4. The maximum atomic E-state index is 11.7. The summed E-state index contributed by atoms with van der Waals surface area (Å²) in [4.78, 5) is 26.3. The van der Waals surface area contributed by atoms with Crippen LogP contribution in [-0.2, 0) is 4.79 Å². The van der Waals surface area contributed by atoms with Crippen molar-refractivity contribution in [3.63, 3.8) is 0 Å². The van der Waals surface area contributed by atoms with Crippen LogP contribution in [0.15, 0.2) is 46.9 Å². The van der Waals surface area contributed by atoms with Gasteiger partial charge in [-0.05, 0) is 30.3 Å². The van der Waals surface area contributed by atoms with Crippen molar-refractivity contribution in [2.75, 3.05) is 11.9 Å². The lowest BCUT2D eigenvalue weighted by Crippen LogP contribution is -2.21. The van der Waals surface area contributed by atoms with Gasteiger partial charge in [-0.3, -0.25) is 4.79 Å². The fourth-order valence-corrected chi connectivity index (χ4v) is 1.89. The Hall–Kier alpha value is -2.41. The van der Waals surface area contributed by atoms with Crippen LogP contribution in [0.5, 0.6) is 5.75 Å². The van der Waals surface area contributed by atoms with Crippen molar-refractivity contribution in [2.45, 2.75) is 0 Å². The average Bonchev–Trinajstić information content (AvgIpc) is 2.45. The van der Waals surface area contributed by atoms with E-state index < -0.39 is 11.9 Å². The van der Waals surface area contributed by atoms with Crippen LogP contribution in [0.1, 0.15) is 10.5 Å². The number of carbonyl (C=O) groups is 2. The molecule has 2 N–H and O–H groups in total. The van der Waals surface area contributed by atoms with Crippen molar-refractivity contribution in [1.29, 1.82) is 0 Å². The minimum atomic E-state index is -1.16. The molecule has 7 heteroatoms. The van der Waals surface area contributed by atoms with Crippen LogP contribution in [0.3, 0.4) is 0 Å². The highest BCUT2D eigenvalue weighted by atomic mass is 79.9. The van der Waals surface area contributed by atoms with Gasteiger partial charge in [0.1, 0.15) is 11.6 Å². The number of carboxylic acid groups (broad SMARTS) is 1. The molecule has 1 amide bonds. The minimum absolute atomic E-state index is 0.138. The Kier molecular flexibility index (Phi) is 4.89. The average molecular weight is 351 g/mol. The summed E-state index contributed by atoms with van der Waals surface area (Å²) in [5.41, 5.74) is -0.138. The third kappa shape index (κ3) is 4.57. The van der Waals surface area contributed by atoms with Crippen molar-refractivity contribution >= 4 is 33.6 Å². The van der Waals surface area contributed by atoms with Crippen LogP contribution in [0.25, 0.3) is 0 Å². The highest BCUT2D eigenvalue weighted by Gasteiger charge is 2.08. The molecule has 21 heavy (non-hydrogen) atoms. The van der Waals surface area contributed by atoms with E-state index in [0.717, 1.165) is 4.47 Å². The summed E-state index contributed by atoms with van der Waals surface area (Å²) in [7, 11) is 0. The maximum absolute atomic E-state index is 11.7. The van der Waals surface area contributed by atoms with Gasteiger partial charge in [0, 0.05) is 4.47 Å². The van der Waals surface area contributed by atoms with Gasteiger partial charge in [-0.2, -0.15) is 0 Å². The van der Waals surface area contributed by atoms with Crippen LogP contribution in [0, 0.1) is 0 Å². The number of aromatic carboxylic acids is 1. The van der Waals surface area contributed by atoms with Gasteiger partial charge in [-0.25, -0.2) is 9.78 Å². The van der Waals surface area contributed by atoms with E-state index in [1.807, 2.05) is 6.07 Å². The van der Waals surface area contributed by atoms with Gasteiger partial charge in [0.2, 0.25) is 0 Å². The Balaban J connectivity index is 1.93. The van der Waals surface area contributed by atoms with Crippen molar-refractivity contribution in [1.82, 2.24) is 4.98 Å². The number of amides is 1. The second-order valence-electron chi connectivity index (χ2n) is 4.01. The molecule has 1 heterocycles. The molecule has 1 aromatic carbocycles. The SMILES string of the molecule is O=C(COc1cccc(Br)c1)Nc1cccc(C(=O)O)n1. The van der Waals surface area contributed by atoms with Gasteiger partial charge >= 0.3 is 5.97 Å². The zero-order valence-corrected chi connectivity index (χ0v) is 12.3. The van der Waals surface area contributed by atoms with Gasteiger partial charge in [-0.1, -0.05) is 28.1 Å². The number of nitrogens with one attached hydrogen (secondary N) is 1. The van der Waals surface area contributed by atoms with Gasteiger partial charge < -0.3 is 15.2 Å². The molecule has 6 nitrogen and oxygen atoms in total. The number of benzene rings is 1. The van der Waals surface area contributed by atoms with Crippen molar-refractivity contribution in [3.05, 3.63) is 52.6 Å². The lowest BCUT2D eigenvalue weighted by molar-refractivity contribution is -0.118. The van der Waals surface area contributed by atoms with E-state index in [1.165, 1.54) is 18.2 Å². The predicted molar refractivity (Wildman–Crippen MR) is 79.5 cm³/mol. The first-order valence-electron chi connectivity index (χ1n) is 5.93. The highest BCUT2D eigenvalue weighted by molar-refractivity contribution is 9.10. The second-order valence-corrected chi connectivity index (χ2v) is 4.92. The van der Waals surface area contributed by atoms with Crippen LogP contribution in [0.2, 0.25) is 0 Å². The first kappa shape index (κ1) is 15.0. The fourth-order valence-electron chi connectivity index (χ4n) is 1.51. The third-order valence-corrected chi connectivity index (χ3v) is 2.89. The largest absolute Gasteiger partial charge is 0.484 e. The van der Waals surface area contributed by atoms with E-state index in [4.69, 9.17) is 9.84 Å². The lowest BCUT2D eigenvalue weighted by atomic mass is 10.3. The molecule has 0 bridgehead atoms. The number of rotatable bonds is 5. The molecular weight excluding hydrogens is 340 g/mol. The summed E-state index contributed by atoms with van der Waals surface area (Å²) >= 11 is 3.30. The molecule has 0 atom stereocenters. The number of ether oxygens (including phenoxy) is 1. The predicted octanol–water partition coefficient (Wildman–Crippen LogP) is 2.56. The molecule has 0 aliphatic heterocycles. The zero-order valence-electron chi connectivity index (χ0n) is 10.7. The van der Waals surface area contributed by atoms with Gasteiger partial charge in [0.15, 0.2) is 12.3 Å². The topological polar surface area (TPSA) is 88.5 Å². The maximum Gasteiger partial charge on any atom is 0.354 e. The molecule has 108 valence electrons. The molecule has 0 fully saturated rings. The fraction of sp³-hybridized carbons (Fsp3) is 0.0714. The molecule has 0 aliphatic rings. The van der Waals surface area contributed by atoms with E-state index in [9.17, 15) is 9.59 Å². The van der Waals surface area contributed by atoms with Crippen LogP contribution in [0.4, 0.5) is 5.82 Å². The Morgan fingerprint density at radius 1 is 1.24 bits per heavy atom. The van der Waals surface area contributed by atoms with Gasteiger partial charge in [-0.15, -0.1) is 0 Å². The summed E-state index contributed by atoms with van der Waals surface area (Å²) in [6, 6.07) is 11.4. The Morgan fingerprint density at radius 3 is 2.71 bits per heavy atom. The smallest absolute Gasteiger partial charge is 0.354 e. The summed E-state index contributed by atoms with van der Waals surface area (Å²) < 4.78 is 6.16. The van der Waals surface area contributed by atoms with Crippen LogP contribution in [-0.4, -0.2) is 28.6 Å². The Labute approximate surface area is 128 Å². The molecule has 0 radical (unpaired) electrons. The first-order valence-corrected chi connectivity index (χ1v) is 6.72. The number of carbonyl (C=O) groups excluding carboxylic acids is 1. The monoisotopic (exact) mass is 350 g/mol. The molecule has 2 aromatic rings. The third-order valence-electron chi connectivity index (χ3n) is 2.40. The van der Waals surface area contributed by atoms with Gasteiger partial charge in [0.25, 0.3) is 5.91 Å². The van der Waals surface area contributed by atoms with Crippen molar-refractivity contribution in [3.8, 4) is 5.75 Å². The molecule has 1 aromatic heterocycles. The number of aromatic nitrogens is 1. The van der Waals surface area contributed by atoms with E-state index in [0.29, 0.717) is 5.75 Å². The highest BCUT2D eigenvalue weighted by Crippen LogP contribution is 2.17. The summed E-state index contributed by atoms with van der Waals surface area (Å²) in [5.74, 6) is -0.869. The standard InChI is InChI=1S/C14H11BrN2O4/c15-9-3-1-4-10(7-9)21-8-13(18)17-12-6-2-5-11(16-12)14(19)20/h1-7H,8H2,(H,19,20)(H,16,17,18). The molecule has 2 rings (SSSR count). The Bertz CT molecular complexity index is 676. The molecule has 0 unspecified atom stereocenters. The number of anilines is 1. The van der Waals surface area contributed by atoms with Crippen molar-refractivity contribution in [2.24, 2.45) is 0 Å². The van der Waals surface area contributed by atoms with E-state index in [1.54, 1.807) is 18.2 Å². The van der Waals surface area contributed by atoms with E-state index >= 15 is 0 Å². The normalized spacial score (nSPS) is 9.95. The summed E-state index contributed by atoms with van der Waals surface area (Å²) in [6.45, 7) is -0.199. The second kappa shape index (κ2) is 6.85. The molecule has 0 aliphatic carbocycles. The van der Waals surface area contributed by atoms with E-state index in [-0.39, 0.29) is 18.1 Å². The number of hydrogen-bond donors (Lipinski definition) is 2. The first-order chi connectivity index (χ1) is 10.0. The minimum Gasteiger partial charge on any atom is -0.484 e. The summed E-state index contributed by atoms with van der Waals surface area (Å²) in [5, 5.41) is 11.3. The number of nitrogens with zero attached hydrogens (tertiary/aromatic N) is 1. The lowest BCUT2D eigenvalue weighted by Gasteiger charge is -2.07. The summed E-state index contributed by atoms with van der Waals surface area (Å²) in [6.07, 6.45) is 0. The number of hydrogen-bond acceptors (Lipinski definition) is 4. The zero-order chi connectivity index (χ0) is 15.2. The number of halogens is 1. The molecule has 0 spiro atoms. The number of pyridine rings is 1. The van der Waals surface area contributed by atoms with Crippen molar-refractivity contribution < 1.29 is 19.4 Å². The van der Waals surface area contributed by atoms with Crippen LogP contribution < -0.4 is 10.1 Å². The van der Waals surface area contributed by atoms with E-state index in [2.05, 4.69) is 26.2 Å². The number of carboxylic acids is 1.